The van der Waals surface area contributed by atoms with E-state index in [1.807, 2.05) is 0 Å². The lowest BCUT2D eigenvalue weighted by Gasteiger charge is -2.17. The van der Waals surface area contributed by atoms with E-state index in [1.54, 1.807) is 0 Å². The van der Waals surface area contributed by atoms with Crippen molar-refractivity contribution in [2.24, 2.45) is 5.92 Å². The van der Waals surface area contributed by atoms with Crippen molar-refractivity contribution in [3.63, 3.8) is 0 Å². The summed E-state index contributed by atoms with van der Waals surface area (Å²) in [6.07, 6.45) is 0.168. The highest BCUT2D eigenvalue weighted by molar-refractivity contribution is 6.18. The first kappa shape index (κ1) is 12.2. The fourth-order valence-electron chi connectivity index (χ4n) is 1.86. The monoisotopic (exact) mass is 263 g/mol. The number of carbonyl (C=O) groups excluding carboxylic acids is 1. The van der Waals surface area contributed by atoms with Crippen LogP contribution in [-0.4, -0.2) is 18.3 Å². The third-order valence-corrected chi connectivity index (χ3v) is 3.12. The van der Waals surface area contributed by atoms with E-state index in [0.717, 1.165) is 11.0 Å². The van der Waals surface area contributed by atoms with Crippen LogP contribution in [0, 0.1) is 23.4 Å². The Hall–Kier alpha value is -1.23. The summed E-state index contributed by atoms with van der Waals surface area (Å²) in [7, 11) is 0. The van der Waals surface area contributed by atoms with Crippen LogP contribution < -0.4 is 4.90 Å². The number of amides is 1. The van der Waals surface area contributed by atoms with Gasteiger partial charge in [0.1, 0.15) is 5.82 Å². The summed E-state index contributed by atoms with van der Waals surface area (Å²) in [6.45, 7) is 0.183. The first-order valence-corrected chi connectivity index (χ1v) is 5.57. The molecule has 1 fully saturated rings. The molecule has 1 amide bonds. The molecule has 0 bridgehead atoms. The van der Waals surface area contributed by atoms with E-state index in [0.29, 0.717) is 6.07 Å². The highest BCUT2D eigenvalue weighted by Gasteiger charge is 2.32. The van der Waals surface area contributed by atoms with Gasteiger partial charge in [0.15, 0.2) is 11.6 Å². The molecule has 1 aromatic carbocycles. The lowest BCUT2D eigenvalue weighted by atomic mass is 10.1. The van der Waals surface area contributed by atoms with Crippen molar-refractivity contribution in [3.8, 4) is 0 Å². The lowest BCUT2D eigenvalue weighted by Crippen LogP contribution is -2.26. The summed E-state index contributed by atoms with van der Waals surface area (Å²) >= 11 is 5.61. The second kappa shape index (κ2) is 4.56. The molecule has 0 N–H and O–H groups in total. The average Bonchev–Trinajstić information content (AvgIpc) is 2.65. The van der Waals surface area contributed by atoms with Gasteiger partial charge in [-0.2, -0.15) is 0 Å². The van der Waals surface area contributed by atoms with Crippen molar-refractivity contribution < 1.29 is 18.0 Å². The number of hydrogen-bond donors (Lipinski definition) is 0. The van der Waals surface area contributed by atoms with E-state index < -0.39 is 17.5 Å². The minimum absolute atomic E-state index is 0.116. The smallest absolute Gasteiger partial charge is 0.227 e. The highest BCUT2D eigenvalue weighted by Crippen LogP contribution is 2.29. The summed E-state index contributed by atoms with van der Waals surface area (Å²) in [5.74, 6) is -3.67. The highest BCUT2D eigenvalue weighted by atomic mass is 35.5. The van der Waals surface area contributed by atoms with Crippen LogP contribution in [0.1, 0.15) is 6.42 Å². The van der Waals surface area contributed by atoms with Crippen LogP contribution in [0.4, 0.5) is 18.9 Å². The lowest BCUT2D eigenvalue weighted by molar-refractivity contribution is -0.117. The number of nitrogens with zero attached hydrogens (tertiary/aromatic N) is 1. The van der Waals surface area contributed by atoms with Gasteiger partial charge in [0.05, 0.1) is 5.69 Å². The van der Waals surface area contributed by atoms with Gasteiger partial charge < -0.3 is 4.90 Å². The largest absolute Gasteiger partial charge is 0.309 e. The number of hydrogen-bond acceptors (Lipinski definition) is 1. The zero-order chi connectivity index (χ0) is 12.6. The molecule has 0 aromatic heterocycles. The van der Waals surface area contributed by atoms with E-state index in [4.69, 9.17) is 11.6 Å². The summed E-state index contributed by atoms with van der Waals surface area (Å²) in [5, 5.41) is 0. The average molecular weight is 264 g/mol. The first-order chi connectivity index (χ1) is 8.02. The van der Waals surface area contributed by atoms with Crippen molar-refractivity contribution in [1.82, 2.24) is 0 Å². The van der Waals surface area contributed by atoms with Crippen molar-refractivity contribution >= 4 is 23.2 Å². The van der Waals surface area contributed by atoms with Gasteiger partial charge in [-0.25, -0.2) is 13.2 Å². The van der Waals surface area contributed by atoms with E-state index in [2.05, 4.69) is 0 Å². The number of anilines is 1. The Morgan fingerprint density at radius 2 is 2.06 bits per heavy atom. The SMILES string of the molecule is O=C1CC(CCl)CN1c1cc(F)cc(F)c1F. The first-order valence-electron chi connectivity index (χ1n) is 5.03. The molecular formula is C11H9ClF3NO. The molecule has 1 aliphatic rings. The number of carbonyl (C=O) groups is 1. The molecular weight excluding hydrogens is 255 g/mol. The molecule has 2 nitrogen and oxygen atoms in total. The Balaban J connectivity index is 2.38. The fraction of sp³-hybridized carbons (Fsp3) is 0.364. The number of alkyl halides is 1. The van der Waals surface area contributed by atoms with Crippen molar-refractivity contribution in [2.45, 2.75) is 6.42 Å². The second-order valence-electron chi connectivity index (χ2n) is 3.95. The Labute approximate surface area is 101 Å². The zero-order valence-electron chi connectivity index (χ0n) is 8.72. The second-order valence-corrected chi connectivity index (χ2v) is 4.26. The maximum Gasteiger partial charge on any atom is 0.227 e. The van der Waals surface area contributed by atoms with Gasteiger partial charge in [0.25, 0.3) is 0 Å². The van der Waals surface area contributed by atoms with E-state index in [1.165, 1.54) is 0 Å². The molecule has 17 heavy (non-hydrogen) atoms. The van der Waals surface area contributed by atoms with Gasteiger partial charge in [-0.3, -0.25) is 4.79 Å². The molecule has 6 heteroatoms. The quantitative estimate of drug-likeness (QED) is 0.593. The van der Waals surface area contributed by atoms with Crippen LogP contribution >= 0.6 is 11.6 Å². The van der Waals surface area contributed by atoms with Gasteiger partial charge in [-0.1, -0.05) is 0 Å². The minimum Gasteiger partial charge on any atom is -0.309 e. The molecule has 0 radical (unpaired) electrons. The van der Waals surface area contributed by atoms with Crippen molar-refractivity contribution in [2.75, 3.05) is 17.3 Å². The minimum atomic E-state index is -1.30. The van der Waals surface area contributed by atoms with Crippen LogP contribution in [-0.2, 0) is 4.79 Å². The van der Waals surface area contributed by atoms with E-state index >= 15 is 0 Å². The van der Waals surface area contributed by atoms with Crippen LogP contribution in [0.3, 0.4) is 0 Å². The van der Waals surface area contributed by atoms with Gasteiger partial charge in [0, 0.05) is 31.0 Å². The summed E-state index contributed by atoms with van der Waals surface area (Å²) < 4.78 is 39.5. The topological polar surface area (TPSA) is 20.3 Å². The number of halogens is 4. The zero-order valence-corrected chi connectivity index (χ0v) is 9.48. The van der Waals surface area contributed by atoms with Gasteiger partial charge in [-0.15, -0.1) is 11.6 Å². The van der Waals surface area contributed by atoms with Gasteiger partial charge >= 0.3 is 0 Å². The molecule has 1 heterocycles. The van der Waals surface area contributed by atoms with Crippen LogP contribution in [0.2, 0.25) is 0 Å². The third kappa shape index (κ3) is 2.24. The molecule has 1 aliphatic heterocycles. The molecule has 2 rings (SSSR count). The molecule has 0 saturated carbocycles. The molecule has 1 atom stereocenters. The molecule has 92 valence electrons. The maximum absolute atomic E-state index is 13.5. The Morgan fingerprint density at radius 1 is 1.35 bits per heavy atom. The van der Waals surface area contributed by atoms with E-state index in [-0.39, 0.29) is 36.4 Å². The molecule has 0 spiro atoms. The molecule has 0 aliphatic carbocycles. The molecule has 1 aromatic rings. The number of benzene rings is 1. The normalized spacial score (nSPS) is 20.1. The predicted octanol–water partition coefficient (Wildman–Crippen LogP) is 2.70. The van der Waals surface area contributed by atoms with Crippen LogP contribution in [0.5, 0.6) is 0 Å². The van der Waals surface area contributed by atoms with Gasteiger partial charge in [-0.05, 0) is 5.92 Å². The molecule has 1 unspecified atom stereocenters. The van der Waals surface area contributed by atoms with Crippen LogP contribution in [0.15, 0.2) is 12.1 Å². The summed E-state index contributed by atoms with van der Waals surface area (Å²) in [5.41, 5.74) is -0.361. The van der Waals surface area contributed by atoms with Crippen LogP contribution in [0.25, 0.3) is 0 Å². The standard InChI is InChI=1S/C11H9ClF3NO/c12-4-6-1-10(17)16(5-6)9-3-7(13)2-8(14)11(9)15/h2-3,6H,1,4-5H2. The number of rotatable bonds is 2. The Morgan fingerprint density at radius 3 is 2.65 bits per heavy atom. The maximum atomic E-state index is 13.5. The van der Waals surface area contributed by atoms with Crippen molar-refractivity contribution in [1.29, 1.82) is 0 Å². The van der Waals surface area contributed by atoms with Gasteiger partial charge in [0.2, 0.25) is 5.91 Å². The summed E-state index contributed by atoms with van der Waals surface area (Å²) in [4.78, 5) is 12.6. The fourth-order valence-corrected chi connectivity index (χ4v) is 2.06. The van der Waals surface area contributed by atoms with Crippen molar-refractivity contribution in [3.05, 3.63) is 29.6 Å². The van der Waals surface area contributed by atoms with E-state index in [9.17, 15) is 18.0 Å². The third-order valence-electron chi connectivity index (χ3n) is 2.69. The predicted molar refractivity (Wildman–Crippen MR) is 57.5 cm³/mol. The Kier molecular flexibility index (Phi) is 3.28. The summed E-state index contributed by atoms with van der Waals surface area (Å²) in [6, 6.07) is 1.26. The Bertz CT molecular complexity index is 466. The molecule has 1 saturated heterocycles.